The molecule has 1 aromatic rings. The van der Waals surface area contributed by atoms with Gasteiger partial charge >= 0.3 is 0 Å². The number of halogens is 1. The van der Waals surface area contributed by atoms with Gasteiger partial charge in [-0.25, -0.2) is 0 Å². The maximum absolute atomic E-state index is 12.5. The highest BCUT2D eigenvalue weighted by Gasteiger charge is 2.35. The zero-order valence-electron chi connectivity index (χ0n) is 13.1. The van der Waals surface area contributed by atoms with Gasteiger partial charge in [-0.3, -0.25) is 4.79 Å². The van der Waals surface area contributed by atoms with E-state index in [0.717, 1.165) is 10.9 Å². The van der Waals surface area contributed by atoms with Gasteiger partial charge in [0.2, 0.25) is 0 Å². The summed E-state index contributed by atoms with van der Waals surface area (Å²) in [6.07, 6.45) is 4.69. The first-order valence-corrected chi connectivity index (χ1v) is 8.44. The number of hydrogen-bond donors (Lipinski definition) is 2. The molecule has 4 heteroatoms. The Morgan fingerprint density at radius 2 is 1.95 bits per heavy atom. The van der Waals surface area contributed by atoms with E-state index in [0.29, 0.717) is 17.2 Å². The lowest BCUT2D eigenvalue weighted by Gasteiger charge is -2.40. The van der Waals surface area contributed by atoms with E-state index in [1.807, 2.05) is 6.07 Å². The molecule has 0 saturated heterocycles. The van der Waals surface area contributed by atoms with Gasteiger partial charge in [0.15, 0.2) is 0 Å². The van der Waals surface area contributed by atoms with E-state index in [-0.39, 0.29) is 17.4 Å². The number of rotatable bonds is 2. The largest absolute Gasteiger partial charge is 0.398 e. The molecule has 1 saturated carbocycles. The first-order chi connectivity index (χ1) is 9.79. The molecule has 0 bridgehead atoms. The molecule has 1 amide bonds. The zero-order chi connectivity index (χ0) is 15.6. The van der Waals surface area contributed by atoms with Gasteiger partial charge in [0.1, 0.15) is 0 Å². The minimum Gasteiger partial charge on any atom is -0.398 e. The molecule has 1 aliphatic rings. The second-order valence-corrected chi connectivity index (χ2v) is 7.98. The standard InChI is InChI=1S/C17H25BrN2O/c1-17(2,3)13-6-4-5-7-15(13)20-16(21)12-9-8-11(18)10-14(12)19/h8-10,13,15H,4-7,19H2,1-3H3,(H,20,21). The van der Waals surface area contributed by atoms with Gasteiger partial charge in [0.05, 0.1) is 5.56 Å². The van der Waals surface area contributed by atoms with Crippen LogP contribution in [0.1, 0.15) is 56.8 Å². The molecule has 0 aromatic heterocycles. The molecule has 2 atom stereocenters. The van der Waals surface area contributed by atoms with Crippen LogP contribution < -0.4 is 11.1 Å². The fourth-order valence-corrected chi connectivity index (χ4v) is 3.71. The lowest BCUT2D eigenvalue weighted by Crippen LogP contribution is -2.46. The highest BCUT2D eigenvalue weighted by molar-refractivity contribution is 9.10. The maximum atomic E-state index is 12.5. The Hall–Kier alpha value is -1.03. The van der Waals surface area contributed by atoms with Crippen LogP contribution in [0.4, 0.5) is 5.69 Å². The molecular formula is C17H25BrN2O. The van der Waals surface area contributed by atoms with Gasteiger partial charge in [0, 0.05) is 16.2 Å². The summed E-state index contributed by atoms with van der Waals surface area (Å²) >= 11 is 3.37. The summed E-state index contributed by atoms with van der Waals surface area (Å²) in [6, 6.07) is 5.66. The summed E-state index contributed by atoms with van der Waals surface area (Å²) in [5.74, 6) is 0.466. The molecule has 3 N–H and O–H groups in total. The summed E-state index contributed by atoms with van der Waals surface area (Å²) in [5.41, 5.74) is 7.25. The summed E-state index contributed by atoms with van der Waals surface area (Å²) in [4.78, 5) is 12.5. The molecular weight excluding hydrogens is 328 g/mol. The van der Waals surface area contributed by atoms with E-state index in [1.54, 1.807) is 12.1 Å². The summed E-state index contributed by atoms with van der Waals surface area (Å²) in [5, 5.41) is 3.22. The highest BCUT2D eigenvalue weighted by atomic mass is 79.9. The number of benzene rings is 1. The van der Waals surface area contributed by atoms with Gasteiger partial charge in [-0.15, -0.1) is 0 Å². The van der Waals surface area contributed by atoms with E-state index in [9.17, 15) is 4.79 Å². The summed E-state index contributed by atoms with van der Waals surface area (Å²) < 4.78 is 0.891. The molecule has 1 fully saturated rings. The smallest absolute Gasteiger partial charge is 0.253 e. The number of carbonyl (C=O) groups excluding carboxylic acids is 1. The Bertz CT molecular complexity index is 522. The topological polar surface area (TPSA) is 55.1 Å². The Balaban J connectivity index is 2.13. The van der Waals surface area contributed by atoms with Crippen molar-refractivity contribution in [3.63, 3.8) is 0 Å². The monoisotopic (exact) mass is 352 g/mol. The third-order valence-corrected chi connectivity index (χ3v) is 4.95. The molecule has 0 heterocycles. The number of carbonyl (C=O) groups is 1. The average molecular weight is 353 g/mol. The van der Waals surface area contributed by atoms with Crippen molar-refractivity contribution in [2.45, 2.75) is 52.5 Å². The Kier molecular flexibility index (Phi) is 4.97. The second kappa shape index (κ2) is 6.39. The van der Waals surface area contributed by atoms with Crippen molar-refractivity contribution in [3.05, 3.63) is 28.2 Å². The molecule has 2 rings (SSSR count). The van der Waals surface area contributed by atoms with E-state index < -0.39 is 0 Å². The number of nitrogens with one attached hydrogen (secondary N) is 1. The van der Waals surface area contributed by atoms with Crippen molar-refractivity contribution < 1.29 is 4.79 Å². The molecule has 116 valence electrons. The number of nitrogens with two attached hydrogens (primary N) is 1. The fraction of sp³-hybridized carbons (Fsp3) is 0.588. The van der Waals surface area contributed by atoms with Crippen molar-refractivity contribution in [1.82, 2.24) is 5.32 Å². The SMILES string of the molecule is CC(C)(C)C1CCCCC1NC(=O)c1ccc(Br)cc1N. The predicted octanol–water partition coefficient (Wildman–Crippen LogP) is 4.37. The van der Waals surface area contributed by atoms with Crippen LogP contribution in [0.5, 0.6) is 0 Å². The third-order valence-electron chi connectivity index (χ3n) is 4.45. The van der Waals surface area contributed by atoms with Crippen LogP contribution in [0.25, 0.3) is 0 Å². The van der Waals surface area contributed by atoms with Crippen LogP contribution >= 0.6 is 15.9 Å². The first kappa shape index (κ1) is 16.3. The van der Waals surface area contributed by atoms with E-state index in [2.05, 4.69) is 42.0 Å². The fourth-order valence-electron chi connectivity index (χ4n) is 3.33. The van der Waals surface area contributed by atoms with E-state index in [1.165, 1.54) is 19.3 Å². The molecule has 3 nitrogen and oxygen atoms in total. The molecule has 0 aliphatic heterocycles. The number of nitrogen functional groups attached to an aromatic ring is 1. The van der Waals surface area contributed by atoms with Crippen LogP contribution in [0.3, 0.4) is 0 Å². The van der Waals surface area contributed by atoms with Crippen LogP contribution in [-0.4, -0.2) is 11.9 Å². The van der Waals surface area contributed by atoms with Crippen LogP contribution in [0.15, 0.2) is 22.7 Å². The van der Waals surface area contributed by atoms with Crippen molar-refractivity contribution in [2.75, 3.05) is 5.73 Å². The van der Waals surface area contributed by atoms with Crippen LogP contribution in [-0.2, 0) is 0 Å². The van der Waals surface area contributed by atoms with Crippen molar-refractivity contribution in [1.29, 1.82) is 0 Å². The van der Waals surface area contributed by atoms with Crippen molar-refractivity contribution in [3.8, 4) is 0 Å². The molecule has 2 unspecified atom stereocenters. The summed E-state index contributed by atoms with van der Waals surface area (Å²) in [7, 11) is 0. The second-order valence-electron chi connectivity index (χ2n) is 7.07. The molecule has 0 spiro atoms. The Morgan fingerprint density at radius 1 is 1.29 bits per heavy atom. The van der Waals surface area contributed by atoms with Gasteiger partial charge in [-0.05, 0) is 42.4 Å². The summed E-state index contributed by atoms with van der Waals surface area (Å²) in [6.45, 7) is 6.78. The van der Waals surface area contributed by atoms with Gasteiger partial charge < -0.3 is 11.1 Å². The van der Waals surface area contributed by atoms with Crippen molar-refractivity contribution in [2.24, 2.45) is 11.3 Å². The maximum Gasteiger partial charge on any atom is 0.253 e. The van der Waals surface area contributed by atoms with Crippen LogP contribution in [0, 0.1) is 11.3 Å². The number of anilines is 1. The van der Waals surface area contributed by atoms with Gasteiger partial charge in [-0.1, -0.05) is 49.5 Å². The van der Waals surface area contributed by atoms with Crippen LogP contribution in [0.2, 0.25) is 0 Å². The average Bonchev–Trinajstić information content (AvgIpc) is 2.37. The normalized spacial score (nSPS) is 22.9. The molecule has 1 aliphatic carbocycles. The lowest BCUT2D eigenvalue weighted by molar-refractivity contribution is 0.0831. The highest BCUT2D eigenvalue weighted by Crippen LogP contribution is 2.38. The van der Waals surface area contributed by atoms with Crippen molar-refractivity contribution >= 4 is 27.5 Å². The Labute approximate surface area is 135 Å². The first-order valence-electron chi connectivity index (χ1n) is 7.65. The lowest BCUT2D eigenvalue weighted by atomic mass is 9.69. The minimum atomic E-state index is -0.0545. The predicted molar refractivity (Wildman–Crippen MR) is 91.2 cm³/mol. The van der Waals surface area contributed by atoms with Gasteiger partial charge in [-0.2, -0.15) is 0 Å². The zero-order valence-corrected chi connectivity index (χ0v) is 14.7. The van der Waals surface area contributed by atoms with E-state index >= 15 is 0 Å². The minimum absolute atomic E-state index is 0.0545. The van der Waals surface area contributed by atoms with E-state index in [4.69, 9.17) is 5.73 Å². The molecule has 1 aromatic carbocycles. The quantitative estimate of drug-likeness (QED) is 0.776. The third kappa shape index (κ3) is 4.00. The molecule has 0 radical (unpaired) electrons. The number of amides is 1. The Morgan fingerprint density at radius 3 is 2.57 bits per heavy atom. The number of hydrogen-bond acceptors (Lipinski definition) is 2. The molecule has 21 heavy (non-hydrogen) atoms. The van der Waals surface area contributed by atoms with Gasteiger partial charge in [0.25, 0.3) is 5.91 Å².